The number of ether oxygens (including phenoxy) is 3. The van der Waals surface area contributed by atoms with E-state index >= 15 is 0 Å². The number of benzene rings is 2. The molecule has 132 valence electrons. The number of aromatic hydroxyl groups is 1. The molecule has 25 heavy (non-hydrogen) atoms. The Hall–Kier alpha value is -3.22. The number of phenolic OH excluding ortho intramolecular Hbond substituents is 1. The summed E-state index contributed by atoms with van der Waals surface area (Å²) in [6.45, 7) is 2.07. The van der Waals surface area contributed by atoms with Crippen molar-refractivity contribution >= 4 is 12.1 Å². The maximum absolute atomic E-state index is 11.7. The lowest BCUT2D eigenvalue weighted by atomic mass is 10.2. The van der Waals surface area contributed by atoms with E-state index < -0.39 is 5.91 Å². The van der Waals surface area contributed by atoms with Crippen LogP contribution in [0.1, 0.15) is 12.5 Å². The van der Waals surface area contributed by atoms with Crippen LogP contribution in [0.3, 0.4) is 0 Å². The summed E-state index contributed by atoms with van der Waals surface area (Å²) in [6.07, 6.45) is 1.34. The number of amides is 1. The third kappa shape index (κ3) is 5.42. The summed E-state index contributed by atoms with van der Waals surface area (Å²) >= 11 is 0. The Kier molecular flexibility index (Phi) is 6.65. The zero-order valence-corrected chi connectivity index (χ0v) is 14.1. The van der Waals surface area contributed by atoms with Crippen LogP contribution in [0, 0.1) is 0 Å². The van der Waals surface area contributed by atoms with Crippen molar-refractivity contribution in [1.82, 2.24) is 5.43 Å². The number of rotatable bonds is 8. The smallest absolute Gasteiger partial charge is 0.277 e. The summed E-state index contributed by atoms with van der Waals surface area (Å²) < 4.78 is 15.7. The number of hydrogen-bond donors (Lipinski definition) is 2. The highest BCUT2D eigenvalue weighted by molar-refractivity contribution is 5.86. The first kappa shape index (κ1) is 18.1. The van der Waals surface area contributed by atoms with E-state index in [0.29, 0.717) is 29.4 Å². The van der Waals surface area contributed by atoms with Gasteiger partial charge in [-0.1, -0.05) is 6.07 Å². The van der Waals surface area contributed by atoms with Gasteiger partial charge < -0.3 is 19.3 Å². The zero-order valence-electron chi connectivity index (χ0n) is 14.1. The minimum atomic E-state index is -0.424. The van der Waals surface area contributed by atoms with Crippen LogP contribution < -0.4 is 19.6 Å². The number of nitrogens with zero attached hydrogens (tertiary/aromatic N) is 1. The quantitative estimate of drug-likeness (QED) is 0.567. The molecule has 7 heteroatoms. The molecule has 0 saturated carbocycles. The van der Waals surface area contributed by atoms with Crippen molar-refractivity contribution in [2.75, 3.05) is 20.3 Å². The summed E-state index contributed by atoms with van der Waals surface area (Å²) in [4.78, 5) is 11.7. The number of carbonyl (C=O) groups excluding carboxylic acids is 1. The van der Waals surface area contributed by atoms with Crippen LogP contribution in [0.5, 0.6) is 23.0 Å². The highest BCUT2D eigenvalue weighted by Gasteiger charge is 2.06. The second-order valence-electron chi connectivity index (χ2n) is 4.88. The minimum absolute atomic E-state index is 0.0307. The van der Waals surface area contributed by atoms with Gasteiger partial charge in [-0.3, -0.25) is 4.79 Å². The van der Waals surface area contributed by atoms with Gasteiger partial charge in [0.05, 0.1) is 19.9 Å². The molecule has 0 aromatic heterocycles. The molecule has 0 atom stereocenters. The van der Waals surface area contributed by atoms with Gasteiger partial charge in [-0.2, -0.15) is 5.10 Å². The molecular formula is C18H20N2O5. The van der Waals surface area contributed by atoms with Gasteiger partial charge in [0, 0.05) is 5.56 Å². The fourth-order valence-electron chi connectivity index (χ4n) is 1.94. The second-order valence-corrected chi connectivity index (χ2v) is 4.88. The van der Waals surface area contributed by atoms with E-state index in [1.54, 1.807) is 49.6 Å². The molecular weight excluding hydrogens is 324 g/mol. The summed E-state index contributed by atoms with van der Waals surface area (Å²) in [5.74, 6) is 1.16. The summed E-state index contributed by atoms with van der Waals surface area (Å²) in [7, 11) is 1.57. The van der Waals surface area contributed by atoms with E-state index in [1.165, 1.54) is 6.21 Å². The van der Waals surface area contributed by atoms with E-state index in [4.69, 9.17) is 14.2 Å². The SMILES string of the molecule is CCOc1cccc(/C=N/NC(=O)COc2ccc(OC)cc2)c1O. The first-order chi connectivity index (χ1) is 12.1. The van der Waals surface area contributed by atoms with E-state index in [2.05, 4.69) is 10.5 Å². The molecule has 0 saturated heterocycles. The number of methoxy groups -OCH3 is 1. The number of hydrazone groups is 1. The molecule has 0 spiro atoms. The predicted octanol–water partition coefficient (Wildman–Crippen LogP) is 2.33. The van der Waals surface area contributed by atoms with Crippen molar-refractivity contribution in [2.45, 2.75) is 6.92 Å². The van der Waals surface area contributed by atoms with Crippen LogP contribution >= 0.6 is 0 Å². The number of para-hydroxylation sites is 1. The highest BCUT2D eigenvalue weighted by atomic mass is 16.5. The van der Waals surface area contributed by atoms with Crippen LogP contribution in [0.4, 0.5) is 0 Å². The molecule has 0 unspecified atom stereocenters. The number of hydrogen-bond acceptors (Lipinski definition) is 6. The van der Waals surface area contributed by atoms with Crippen molar-refractivity contribution in [3.8, 4) is 23.0 Å². The van der Waals surface area contributed by atoms with Crippen molar-refractivity contribution < 1.29 is 24.1 Å². The maximum Gasteiger partial charge on any atom is 0.277 e. The molecule has 2 N–H and O–H groups in total. The first-order valence-corrected chi connectivity index (χ1v) is 7.67. The van der Waals surface area contributed by atoms with E-state index in [0.717, 1.165) is 0 Å². The van der Waals surface area contributed by atoms with Gasteiger partial charge in [-0.15, -0.1) is 0 Å². The Morgan fingerprint density at radius 2 is 1.88 bits per heavy atom. The van der Waals surface area contributed by atoms with Gasteiger partial charge in [-0.25, -0.2) is 5.43 Å². The lowest BCUT2D eigenvalue weighted by Gasteiger charge is -2.07. The summed E-state index contributed by atoms with van der Waals surface area (Å²) in [6, 6.07) is 11.9. The Balaban J connectivity index is 1.85. The summed E-state index contributed by atoms with van der Waals surface area (Å²) in [5, 5.41) is 13.8. The van der Waals surface area contributed by atoms with Crippen LogP contribution in [-0.4, -0.2) is 37.6 Å². The molecule has 1 amide bonds. The highest BCUT2D eigenvalue weighted by Crippen LogP contribution is 2.28. The normalized spacial score (nSPS) is 10.5. The largest absolute Gasteiger partial charge is 0.504 e. The Labute approximate surface area is 145 Å². The fourth-order valence-corrected chi connectivity index (χ4v) is 1.94. The van der Waals surface area contributed by atoms with Gasteiger partial charge in [0.2, 0.25) is 0 Å². The van der Waals surface area contributed by atoms with Crippen LogP contribution in [-0.2, 0) is 4.79 Å². The Bertz CT molecular complexity index is 729. The standard InChI is InChI=1S/C18H20N2O5/c1-3-24-16-6-4-5-13(18(16)22)11-19-20-17(21)12-25-15-9-7-14(23-2)8-10-15/h4-11,22H,3,12H2,1-2H3,(H,20,21)/b19-11+. The van der Waals surface area contributed by atoms with E-state index in [1.807, 2.05) is 6.92 Å². The second kappa shape index (κ2) is 9.17. The van der Waals surface area contributed by atoms with Crippen LogP contribution in [0.15, 0.2) is 47.6 Å². The van der Waals surface area contributed by atoms with Crippen LogP contribution in [0.25, 0.3) is 0 Å². The minimum Gasteiger partial charge on any atom is -0.504 e. The fraction of sp³-hybridized carbons (Fsp3) is 0.222. The molecule has 0 heterocycles. The zero-order chi connectivity index (χ0) is 18.1. The lowest BCUT2D eigenvalue weighted by Crippen LogP contribution is -2.24. The topological polar surface area (TPSA) is 89.4 Å². The third-order valence-corrected chi connectivity index (χ3v) is 3.15. The number of carbonyl (C=O) groups is 1. The molecule has 0 aliphatic heterocycles. The average Bonchev–Trinajstić information content (AvgIpc) is 2.63. The van der Waals surface area contributed by atoms with Gasteiger partial charge in [0.1, 0.15) is 11.5 Å². The van der Waals surface area contributed by atoms with Gasteiger partial charge in [0.15, 0.2) is 18.1 Å². The molecule has 0 aliphatic rings. The summed E-state index contributed by atoms with van der Waals surface area (Å²) in [5.41, 5.74) is 2.76. The first-order valence-electron chi connectivity index (χ1n) is 7.67. The number of phenols is 1. The molecule has 0 aliphatic carbocycles. The van der Waals surface area contributed by atoms with Gasteiger partial charge in [0.25, 0.3) is 5.91 Å². The monoisotopic (exact) mass is 344 g/mol. The average molecular weight is 344 g/mol. The van der Waals surface area contributed by atoms with Crippen molar-refractivity contribution in [3.63, 3.8) is 0 Å². The molecule has 2 aromatic carbocycles. The molecule has 2 aromatic rings. The van der Waals surface area contributed by atoms with Crippen molar-refractivity contribution in [1.29, 1.82) is 0 Å². The lowest BCUT2D eigenvalue weighted by molar-refractivity contribution is -0.123. The van der Waals surface area contributed by atoms with Gasteiger partial charge in [-0.05, 0) is 43.3 Å². The molecule has 0 bridgehead atoms. The Morgan fingerprint density at radius 1 is 1.16 bits per heavy atom. The molecule has 2 rings (SSSR count). The Morgan fingerprint density at radius 3 is 2.56 bits per heavy atom. The predicted molar refractivity (Wildman–Crippen MR) is 93.5 cm³/mol. The van der Waals surface area contributed by atoms with Crippen LogP contribution in [0.2, 0.25) is 0 Å². The van der Waals surface area contributed by atoms with Crippen molar-refractivity contribution in [2.24, 2.45) is 5.10 Å². The van der Waals surface area contributed by atoms with E-state index in [-0.39, 0.29) is 12.4 Å². The maximum atomic E-state index is 11.7. The molecule has 7 nitrogen and oxygen atoms in total. The van der Waals surface area contributed by atoms with Gasteiger partial charge >= 0.3 is 0 Å². The van der Waals surface area contributed by atoms with E-state index in [9.17, 15) is 9.90 Å². The van der Waals surface area contributed by atoms with Crippen molar-refractivity contribution in [3.05, 3.63) is 48.0 Å². The third-order valence-electron chi connectivity index (χ3n) is 3.15. The number of nitrogens with one attached hydrogen (secondary N) is 1. The molecule has 0 fully saturated rings. The molecule has 0 radical (unpaired) electrons.